The standard InChI is InChI=1S/C27H25NO6/c1-31-23-15-20(16-24(32-2)26(23)33-3)17-25(29)28-22-10-6-8-19(14-22)12-11-18-7-5-9-21(13-18)27(30)34-4/h5-10,13-16H,17H2,1-4H3,(H,28,29). The van der Waals surface area contributed by atoms with Crippen LogP contribution in [0.3, 0.4) is 0 Å². The molecule has 3 aromatic carbocycles. The van der Waals surface area contributed by atoms with Crippen LogP contribution in [0.2, 0.25) is 0 Å². The molecule has 0 radical (unpaired) electrons. The Bertz CT molecular complexity index is 1230. The third-order valence-electron chi connectivity index (χ3n) is 4.87. The Hall–Kier alpha value is -4.44. The fourth-order valence-electron chi connectivity index (χ4n) is 3.29. The lowest BCUT2D eigenvalue weighted by Gasteiger charge is -2.14. The third kappa shape index (κ3) is 6.08. The molecule has 0 aliphatic carbocycles. The number of nitrogens with one attached hydrogen (secondary N) is 1. The SMILES string of the molecule is COC(=O)c1cccc(C#Cc2cccc(NC(=O)Cc3cc(OC)c(OC)c(OC)c3)c2)c1. The summed E-state index contributed by atoms with van der Waals surface area (Å²) < 4.78 is 20.8. The van der Waals surface area contributed by atoms with Crippen molar-refractivity contribution in [3.8, 4) is 29.1 Å². The van der Waals surface area contributed by atoms with E-state index in [0.29, 0.717) is 45.2 Å². The Morgan fingerprint density at radius 3 is 2.00 bits per heavy atom. The second-order valence-corrected chi connectivity index (χ2v) is 7.16. The number of benzene rings is 3. The first-order valence-corrected chi connectivity index (χ1v) is 10.4. The molecular formula is C27H25NO6. The van der Waals surface area contributed by atoms with Crippen LogP contribution in [0.15, 0.2) is 60.7 Å². The highest BCUT2D eigenvalue weighted by molar-refractivity contribution is 5.92. The van der Waals surface area contributed by atoms with Gasteiger partial charge in [0.15, 0.2) is 11.5 Å². The third-order valence-corrected chi connectivity index (χ3v) is 4.87. The highest BCUT2D eigenvalue weighted by atomic mass is 16.5. The van der Waals surface area contributed by atoms with E-state index in [1.807, 2.05) is 18.2 Å². The van der Waals surface area contributed by atoms with Crippen molar-refractivity contribution in [2.75, 3.05) is 33.8 Å². The van der Waals surface area contributed by atoms with Crippen LogP contribution in [0.4, 0.5) is 5.69 Å². The van der Waals surface area contributed by atoms with E-state index in [2.05, 4.69) is 17.2 Å². The number of anilines is 1. The van der Waals surface area contributed by atoms with Crippen molar-refractivity contribution >= 4 is 17.6 Å². The number of amides is 1. The topological polar surface area (TPSA) is 83.1 Å². The number of rotatable bonds is 7. The largest absolute Gasteiger partial charge is 0.493 e. The normalized spacial score (nSPS) is 9.88. The maximum atomic E-state index is 12.7. The first kappa shape index (κ1) is 24.2. The fourth-order valence-corrected chi connectivity index (χ4v) is 3.29. The summed E-state index contributed by atoms with van der Waals surface area (Å²) >= 11 is 0. The van der Waals surface area contributed by atoms with Crippen LogP contribution in [-0.4, -0.2) is 40.3 Å². The Morgan fingerprint density at radius 2 is 1.41 bits per heavy atom. The summed E-state index contributed by atoms with van der Waals surface area (Å²) in [6.07, 6.45) is 0.118. The molecule has 1 N–H and O–H groups in total. The molecule has 0 bridgehead atoms. The van der Waals surface area contributed by atoms with Gasteiger partial charge in [0, 0.05) is 16.8 Å². The van der Waals surface area contributed by atoms with Gasteiger partial charge in [0.1, 0.15) is 0 Å². The van der Waals surface area contributed by atoms with E-state index in [1.165, 1.54) is 28.4 Å². The van der Waals surface area contributed by atoms with Gasteiger partial charge >= 0.3 is 5.97 Å². The van der Waals surface area contributed by atoms with Crippen molar-refractivity contribution in [3.05, 3.63) is 82.9 Å². The molecule has 3 rings (SSSR count). The lowest BCUT2D eigenvalue weighted by Crippen LogP contribution is -2.14. The maximum absolute atomic E-state index is 12.7. The van der Waals surface area contributed by atoms with Gasteiger partial charge < -0.3 is 24.3 Å². The minimum atomic E-state index is -0.416. The monoisotopic (exact) mass is 459 g/mol. The van der Waals surface area contributed by atoms with Crippen LogP contribution in [0, 0.1) is 11.8 Å². The molecule has 174 valence electrons. The zero-order valence-corrected chi connectivity index (χ0v) is 19.4. The zero-order valence-electron chi connectivity index (χ0n) is 19.4. The van der Waals surface area contributed by atoms with Crippen LogP contribution in [0.5, 0.6) is 17.2 Å². The minimum absolute atomic E-state index is 0.118. The van der Waals surface area contributed by atoms with Gasteiger partial charge in [-0.15, -0.1) is 0 Å². The second kappa shape index (κ2) is 11.4. The number of carbonyl (C=O) groups excluding carboxylic acids is 2. The number of esters is 1. The van der Waals surface area contributed by atoms with Gasteiger partial charge in [0.25, 0.3) is 0 Å². The van der Waals surface area contributed by atoms with Crippen LogP contribution < -0.4 is 19.5 Å². The summed E-state index contributed by atoms with van der Waals surface area (Å²) in [5.41, 5.74) is 3.16. The molecule has 0 aliphatic rings. The average Bonchev–Trinajstić information content (AvgIpc) is 2.86. The number of carbonyl (C=O) groups is 2. The molecule has 3 aromatic rings. The van der Waals surface area contributed by atoms with E-state index in [0.717, 1.165) is 0 Å². The molecule has 0 atom stereocenters. The molecule has 0 heterocycles. The summed E-state index contributed by atoms with van der Waals surface area (Å²) in [6.45, 7) is 0. The quantitative estimate of drug-likeness (QED) is 0.424. The van der Waals surface area contributed by atoms with E-state index >= 15 is 0 Å². The second-order valence-electron chi connectivity index (χ2n) is 7.16. The molecule has 0 saturated heterocycles. The summed E-state index contributed by atoms with van der Waals surface area (Å²) in [5.74, 6) is 6.90. The molecule has 7 nitrogen and oxygen atoms in total. The Balaban J connectivity index is 1.73. The predicted molar refractivity (Wildman–Crippen MR) is 129 cm³/mol. The smallest absolute Gasteiger partial charge is 0.337 e. The number of hydrogen-bond donors (Lipinski definition) is 1. The molecule has 0 spiro atoms. The maximum Gasteiger partial charge on any atom is 0.337 e. The van der Waals surface area contributed by atoms with Gasteiger partial charge in [-0.05, 0) is 54.1 Å². The van der Waals surface area contributed by atoms with Gasteiger partial charge in [-0.3, -0.25) is 4.79 Å². The summed E-state index contributed by atoms with van der Waals surface area (Å²) in [6, 6.07) is 17.6. The van der Waals surface area contributed by atoms with E-state index in [-0.39, 0.29) is 12.3 Å². The summed E-state index contributed by atoms with van der Waals surface area (Å²) in [7, 11) is 5.92. The highest BCUT2D eigenvalue weighted by Crippen LogP contribution is 2.38. The van der Waals surface area contributed by atoms with Crippen molar-refractivity contribution < 1.29 is 28.5 Å². The lowest BCUT2D eigenvalue weighted by molar-refractivity contribution is -0.115. The molecule has 7 heteroatoms. The number of methoxy groups -OCH3 is 4. The molecule has 0 aromatic heterocycles. The summed E-state index contributed by atoms with van der Waals surface area (Å²) in [4.78, 5) is 24.3. The Kier molecular flexibility index (Phi) is 8.14. The van der Waals surface area contributed by atoms with Crippen molar-refractivity contribution in [2.24, 2.45) is 0 Å². The van der Waals surface area contributed by atoms with Gasteiger partial charge in [-0.25, -0.2) is 4.79 Å². The summed E-state index contributed by atoms with van der Waals surface area (Å²) in [5, 5.41) is 2.88. The average molecular weight is 459 g/mol. The van der Waals surface area contributed by atoms with Crippen molar-refractivity contribution in [1.29, 1.82) is 0 Å². The molecule has 34 heavy (non-hydrogen) atoms. The molecule has 1 amide bonds. The molecule has 0 saturated carbocycles. The van der Waals surface area contributed by atoms with E-state index < -0.39 is 5.97 Å². The fraction of sp³-hybridized carbons (Fsp3) is 0.185. The van der Waals surface area contributed by atoms with Gasteiger partial charge in [-0.2, -0.15) is 0 Å². The highest BCUT2D eigenvalue weighted by Gasteiger charge is 2.15. The van der Waals surface area contributed by atoms with Gasteiger partial charge in [0.05, 0.1) is 40.4 Å². The van der Waals surface area contributed by atoms with Crippen LogP contribution in [-0.2, 0) is 16.0 Å². The van der Waals surface area contributed by atoms with E-state index in [9.17, 15) is 9.59 Å². The van der Waals surface area contributed by atoms with E-state index in [1.54, 1.807) is 42.5 Å². The van der Waals surface area contributed by atoms with E-state index in [4.69, 9.17) is 18.9 Å². The van der Waals surface area contributed by atoms with Crippen molar-refractivity contribution in [3.63, 3.8) is 0 Å². The Labute approximate surface area is 198 Å². The minimum Gasteiger partial charge on any atom is -0.493 e. The molecule has 0 aliphatic heterocycles. The first-order valence-electron chi connectivity index (χ1n) is 10.4. The first-order chi connectivity index (χ1) is 16.5. The van der Waals surface area contributed by atoms with Crippen molar-refractivity contribution in [2.45, 2.75) is 6.42 Å². The predicted octanol–water partition coefficient (Wildman–Crippen LogP) is 4.08. The zero-order chi connectivity index (χ0) is 24.5. The van der Waals surface area contributed by atoms with Crippen LogP contribution in [0.1, 0.15) is 27.0 Å². The molecule has 0 fully saturated rings. The van der Waals surface area contributed by atoms with Crippen LogP contribution in [0.25, 0.3) is 0 Å². The molecular weight excluding hydrogens is 434 g/mol. The van der Waals surface area contributed by atoms with Gasteiger partial charge in [-0.1, -0.05) is 24.0 Å². The number of hydrogen-bond acceptors (Lipinski definition) is 6. The Morgan fingerprint density at radius 1 is 0.794 bits per heavy atom. The van der Waals surface area contributed by atoms with Crippen LogP contribution >= 0.6 is 0 Å². The van der Waals surface area contributed by atoms with Gasteiger partial charge in [0.2, 0.25) is 11.7 Å². The van der Waals surface area contributed by atoms with Crippen molar-refractivity contribution in [1.82, 2.24) is 0 Å². The molecule has 0 unspecified atom stereocenters. The number of ether oxygens (including phenoxy) is 4. The lowest BCUT2D eigenvalue weighted by atomic mass is 10.1.